The van der Waals surface area contributed by atoms with Crippen molar-refractivity contribution in [1.82, 2.24) is 10.6 Å². The maximum Gasteiger partial charge on any atom is 0.0591 e. The molecule has 0 aromatic heterocycles. The minimum absolute atomic E-state index is 0.840. The minimum atomic E-state index is 0.840. The molecule has 0 spiro atoms. The third kappa shape index (κ3) is 5.83. The molecule has 0 bridgehead atoms. The molecule has 1 heterocycles. The first-order chi connectivity index (χ1) is 6.00. The Labute approximate surface area is 78.6 Å². The van der Waals surface area contributed by atoms with Crippen LogP contribution < -0.4 is 10.6 Å². The van der Waals surface area contributed by atoms with Gasteiger partial charge >= 0.3 is 0 Å². The summed E-state index contributed by atoms with van der Waals surface area (Å²) in [5.74, 6) is 2.42. The number of ether oxygens (including phenoxy) is 1. The van der Waals surface area contributed by atoms with Crippen LogP contribution in [-0.2, 0) is 4.74 Å². The largest absolute Gasteiger partial charge is 0.379 e. The summed E-state index contributed by atoms with van der Waals surface area (Å²) >= 11 is 2.00. The van der Waals surface area contributed by atoms with Crippen LogP contribution in [0.3, 0.4) is 0 Å². The van der Waals surface area contributed by atoms with E-state index in [2.05, 4.69) is 10.6 Å². The Morgan fingerprint density at radius 3 is 2.00 bits per heavy atom. The predicted molar refractivity (Wildman–Crippen MR) is 53.9 cm³/mol. The van der Waals surface area contributed by atoms with Gasteiger partial charge in [0.05, 0.1) is 13.2 Å². The lowest BCUT2D eigenvalue weighted by Crippen LogP contribution is -2.27. The zero-order valence-electron chi connectivity index (χ0n) is 7.47. The lowest BCUT2D eigenvalue weighted by atomic mass is 10.6. The van der Waals surface area contributed by atoms with Crippen LogP contribution in [0.2, 0.25) is 0 Å². The minimum Gasteiger partial charge on any atom is -0.379 e. The molecule has 0 amide bonds. The van der Waals surface area contributed by atoms with Crippen molar-refractivity contribution >= 4 is 11.8 Å². The van der Waals surface area contributed by atoms with E-state index in [0.29, 0.717) is 0 Å². The van der Waals surface area contributed by atoms with Crippen molar-refractivity contribution in [2.75, 3.05) is 50.9 Å². The average Bonchev–Trinajstić information content (AvgIpc) is 2.05. The molecule has 3 nitrogen and oxygen atoms in total. The van der Waals surface area contributed by atoms with Gasteiger partial charge in [-0.3, -0.25) is 0 Å². The Bertz CT molecular complexity index is 60.0. The van der Waals surface area contributed by atoms with E-state index in [9.17, 15) is 0 Å². The number of nitrogens with one attached hydrogen (secondary N) is 2. The fraction of sp³-hybridized carbons (Fsp3) is 1.00. The van der Waals surface area contributed by atoms with Crippen LogP contribution in [-0.4, -0.2) is 50.9 Å². The zero-order valence-corrected chi connectivity index (χ0v) is 8.29. The molecule has 0 unspecified atom stereocenters. The van der Waals surface area contributed by atoms with Crippen molar-refractivity contribution < 1.29 is 4.74 Å². The van der Waals surface area contributed by atoms with Crippen LogP contribution in [0.5, 0.6) is 0 Å². The summed E-state index contributed by atoms with van der Waals surface area (Å²) in [5.41, 5.74) is 0. The Balaban J connectivity index is 2.00. The molecule has 2 N–H and O–H groups in total. The molecule has 4 heteroatoms. The molecule has 1 rings (SSSR count). The summed E-state index contributed by atoms with van der Waals surface area (Å²) in [6.45, 7) is 5.86. The third-order valence-corrected chi connectivity index (χ3v) is 2.68. The molecule has 0 aliphatic carbocycles. The van der Waals surface area contributed by atoms with E-state index in [1.54, 1.807) is 0 Å². The molecule has 1 aliphatic rings. The monoisotopic (exact) mass is 190 g/mol. The van der Waals surface area contributed by atoms with Crippen molar-refractivity contribution in [3.63, 3.8) is 0 Å². The summed E-state index contributed by atoms with van der Waals surface area (Å²) in [5, 5.41) is 6.67. The van der Waals surface area contributed by atoms with Crippen LogP contribution in [0, 0.1) is 0 Å². The van der Waals surface area contributed by atoms with E-state index in [-0.39, 0.29) is 0 Å². The first kappa shape index (κ1) is 10.3. The topological polar surface area (TPSA) is 33.3 Å². The molecule has 0 radical (unpaired) electrons. The highest BCUT2D eigenvalue weighted by atomic mass is 32.2. The SMILES string of the molecule is C1COCCNCCSCCN1. The average molecular weight is 190 g/mol. The van der Waals surface area contributed by atoms with Gasteiger partial charge in [-0.25, -0.2) is 0 Å². The highest BCUT2D eigenvalue weighted by Crippen LogP contribution is 1.95. The highest BCUT2D eigenvalue weighted by molar-refractivity contribution is 7.99. The lowest BCUT2D eigenvalue weighted by Gasteiger charge is -2.09. The first-order valence-corrected chi connectivity index (χ1v) is 5.72. The van der Waals surface area contributed by atoms with Gasteiger partial charge in [0.2, 0.25) is 0 Å². The quantitative estimate of drug-likeness (QED) is 0.560. The second kappa shape index (κ2) is 7.86. The summed E-state index contributed by atoms with van der Waals surface area (Å²) in [7, 11) is 0. The normalized spacial score (nSPS) is 24.0. The molecule has 12 heavy (non-hydrogen) atoms. The van der Waals surface area contributed by atoms with E-state index in [1.165, 1.54) is 11.5 Å². The highest BCUT2D eigenvalue weighted by Gasteiger charge is 1.93. The molecule has 0 aromatic carbocycles. The van der Waals surface area contributed by atoms with Gasteiger partial charge in [-0.1, -0.05) is 0 Å². The fourth-order valence-corrected chi connectivity index (χ4v) is 1.81. The van der Waals surface area contributed by atoms with Gasteiger partial charge in [0.15, 0.2) is 0 Å². The number of thioether (sulfide) groups is 1. The number of hydrogen-bond donors (Lipinski definition) is 2. The third-order valence-electron chi connectivity index (χ3n) is 1.69. The summed E-state index contributed by atoms with van der Waals surface area (Å²) in [6.07, 6.45) is 0. The number of hydrogen-bond acceptors (Lipinski definition) is 4. The maximum atomic E-state index is 5.37. The van der Waals surface area contributed by atoms with Crippen molar-refractivity contribution in [1.29, 1.82) is 0 Å². The molecule has 1 aliphatic heterocycles. The van der Waals surface area contributed by atoms with Gasteiger partial charge in [0, 0.05) is 37.7 Å². The summed E-state index contributed by atoms with van der Waals surface area (Å²) in [6, 6.07) is 0. The summed E-state index contributed by atoms with van der Waals surface area (Å²) < 4.78 is 5.37. The molecule has 1 fully saturated rings. The molecule has 0 atom stereocenters. The van der Waals surface area contributed by atoms with Gasteiger partial charge in [-0.2, -0.15) is 11.8 Å². The lowest BCUT2D eigenvalue weighted by molar-refractivity contribution is 0.138. The predicted octanol–water partition coefficient (Wildman–Crippen LogP) is -0.0710. The van der Waals surface area contributed by atoms with E-state index in [1.807, 2.05) is 11.8 Å². The number of rotatable bonds is 0. The molecule has 0 aromatic rings. The standard InChI is InChI=1S/C8H18N2OS/c1-5-11-6-2-10-4-8-12-7-3-9-1/h9-10H,1-8H2. The van der Waals surface area contributed by atoms with Gasteiger partial charge in [-0.15, -0.1) is 0 Å². The van der Waals surface area contributed by atoms with Gasteiger partial charge in [0.25, 0.3) is 0 Å². The Morgan fingerprint density at radius 2 is 1.42 bits per heavy atom. The molecule has 1 saturated heterocycles. The van der Waals surface area contributed by atoms with E-state index in [4.69, 9.17) is 4.74 Å². The van der Waals surface area contributed by atoms with Crippen LogP contribution in [0.4, 0.5) is 0 Å². The molecular weight excluding hydrogens is 172 g/mol. The van der Waals surface area contributed by atoms with Crippen molar-refractivity contribution in [3.05, 3.63) is 0 Å². The van der Waals surface area contributed by atoms with Crippen molar-refractivity contribution in [3.8, 4) is 0 Å². The summed E-state index contributed by atoms with van der Waals surface area (Å²) in [4.78, 5) is 0. The van der Waals surface area contributed by atoms with Crippen LogP contribution >= 0.6 is 11.8 Å². The molecule has 72 valence electrons. The molecule has 0 saturated carbocycles. The fourth-order valence-electron chi connectivity index (χ4n) is 1.03. The second-order valence-electron chi connectivity index (χ2n) is 2.72. The van der Waals surface area contributed by atoms with Crippen LogP contribution in [0.15, 0.2) is 0 Å². The Kier molecular flexibility index (Phi) is 6.75. The van der Waals surface area contributed by atoms with Crippen LogP contribution in [0.25, 0.3) is 0 Å². The van der Waals surface area contributed by atoms with E-state index < -0.39 is 0 Å². The van der Waals surface area contributed by atoms with Crippen molar-refractivity contribution in [2.24, 2.45) is 0 Å². The van der Waals surface area contributed by atoms with Crippen LogP contribution in [0.1, 0.15) is 0 Å². The smallest absolute Gasteiger partial charge is 0.0591 e. The van der Waals surface area contributed by atoms with Gasteiger partial charge in [0.1, 0.15) is 0 Å². The molecular formula is C8H18N2OS. The van der Waals surface area contributed by atoms with E-state index >= 15 is 0 Å². The Hall–Kier alpha value is 0.230. The Morgan fingerprint density at radius 1 is 0.833 bits per heavy atom. The van der Waals surface area contributed by atoms with E-state index in [0.717, 1.165) is 39.4 Å². The second-order valence-corrected chi connectivity index (χ2v) is 3.95. The first-order valence-electron chi connectivity index (χ1n) is 4.57. The van der Waals surface area contributed by atoms with Crippen molar-refractivity contribution in [2.45, 2.75) is 0 Å². The van der Waals surface area contributed by atoms with Gasteiger partial charge in [-0.05, 0) is 0 Å². The zero-order chi connectivity index (χ0) is 8.49. The van der Waals surface area contributed by atoms with Gasteiger partial charge < -0.3 is 15.4 Å². The maximum absolute atomic E-state index is 5.37.